The molecular weight excluding hydrogens is 617 g/mol. The van der Waals surface area contributed by atoms with Crippen LogP contribution in [0.2, 0.25) is 15.1 Å². The Morgan fingerprint density at radius 3 is 1.98 bits per heavy atom. The second-order valence-corrected chi connectivity index (χ2v) is 12.5. The van der Waals surface area contributed by atoms with Gasteiger partial charge in [0.05, 0.1) is 10.6 Å². The number of benzene rings is 4. The fourth-order valence-electron chi connectivity index (χ4n) is 4.46. The highest BCUT2D eigenvalue weighted by Gasteiger charge is 2.34. The van der Waals surface area contributed by atoms with Crippen molar-refractivity contribution < 1.29 is 18.0 Å². The van der Waals surface area contributed by atoms with Gasteiger partial charge in [0.2, 0.25) is 11.8 Å². The fourth-order valence-corrected chi connectivity index (χ4v) is 6.59. The number of hydrogen-bond donors (Lipinski definition) is 1. The molecule has 4 aromatic rings. The van der Waals surface area contributed by atoms with Crippen LogP contribution in [-0.2, 0) is 32.6 Å². The summed E-state index contributed by atoms with van der Waals surface area (Å²) in [4.78, 5) is 28.9. The molecule has 1 atom stereocenters. The number of amides is 2. The summed E-state index contributed by atoms with van der Waals surface area (Å²) in [5, 5.41) is 3.43. The number of halogens is 3. The first-order valence-corrected chi connectivity index (χ1v) is 15.5. The molecule has 0 unspecified atom stereocenters. The standard InChI is InChI=1S/C31H28Cl3N3O4S/c1-35-31(39)29(16-22-10-4-2-5-11-22)36(20-23-12-8-9-15-28(23)34)30(38)21-37(26-18-24(32)17-25(33)19-26)42(40,41)27-13-6-3-7-14-27/h2-15,17-19,29H,16,20-21H2,1H3,(H,35,39)/t29-/m1/s1. The molecule has 7 nitrogen and oxygen atoms in total. The van der Waals surface area contributed by atoms with Crippen LogP contribution in [0, 0.1) is 0 Å². The molecule has 0 aliphatic heterocycles. The van der Waals surface area contributed by atoms with Gasteiger partial charge in [0.1, 0.15) is 12.6 Å². The molecule has 0 bridgehead atoms. The molecule has 0 aliphatic rings. The summed E-state index contributed by atoms with van der Waals surface area (Å²) < 4.78 is 28.8. The maximum absolute atomic E-state index is 14.3. The second kappa shape index (κ2) is 14.1. The monoisotopic (exact) mass is 643 g/mol. The van der Waals surface area contributed by atoms with Crippen molar-refractivity contribution in [2.45, 2.75) is 23.9 Å². The molecule has 218 valence electrons. The van der Waals surface area contributed by atoms with Crippen molar-refractivity contribution in [3.05, 3.63) is 129 Å². The molecule has 0 spiro atoms. The molecular formula is C31H28Cl3N3O4S. The topological polar surface area (TPSA) is 86.8 Å². The van der Waals surface area contributed by atoms with E-state index in [2.05, 4.69) is 5.32 Å². The predicted octanol–water partition coefficient (Wildman–Crippen LogP) is 6.23. The third kappa shape index (κ3) is 7.63. The molecule has 0 aliphatic carbocycles. The first kappa shape index (κ1) is 31.4. The zero-order chi connectivity index (χ0) is 30.3. The molecule has 0 heterocycles. The lowest BCUT2D eigenvalue weighted by Gasteiger charge is -2.33. The lowest BCUT2D eigenvalue weighted by molar-refractivity contribution is -0.139. The Balaban J connectivity index is 1.81. The Bertz CT molecular complexity index is 1630. The summed E-state index contributed by atoms with van der Waals surface area (Å²) >= 11 is 19.0. The Morgan fingerprint density at radius 2 is 1.38 bits per heavy atom. The molecule has 11 heteroatoms. The van der Waals surface area contributed by atoms with Gasteiger partial charge in [0, 0.05) is 35.1 Å². The molecule has 0 saturated heterocycles. The summed E-state index contributed by atoms with van der Waals surface area (Å²) in [6, 6.07) is 27.3. The Kier molecular flexibility index (Phi) is 10.5. The third-order valence-corrected chi connectivity index (χ3v) is 9.15. The van der Waals surface area contributed by atoms with Crippen molar-refractivity contribution in [2.24, 2.45) is 0 Å². The van der Waals surface area contributed by atoms with Crippen LogP contribution in [0.15, 0.2) is 108 Å². The van der Waals surface area contributed by atoms with Crippen LogP contribution in [0.4, 0.5) is 5.69 Å². The van der Waals surface area contributed by atoms with Gasteiger partial charge in [-0.1, -0.05) is 102 Å². The summed E-state index contributed by atoms with van der Waals surface area (Å²) in [6.45, 7) is -0.681. The average Bonchev–Trinajstić information content (AvgIpc) is 2.98. The Labute approximate surface area is 260 Å². The Morgan fingerprint density at radius 1 is 0.810 bits per heavy atom. The normalized spacial score (nSPS) is 11.9. The van der Waals surface area contributed by atoms with E-state index in [1.807, 2.05) is 30.3 Å². The maximum atomic E-state index is 14.3. The summed E-state index contributed by atoms with van der Waals surface area (Å²) in [6.07, 6.45) is 0.186. The molecule has 0 aromatic heterocycles. The predicted molar refractivity (Wildman–Crippen MR) is 167 cm³/mol. The number of nitrogens with zero attached hydrogens (tertiary/aromatic N) is 2. The summed E-state index contributed by atoms with van der Waals surface area (Å²) in [5.41, 5.74) is 1.51. The van der Waals surface area contributed by atoms with Crippen LogP contribution in [0.3, 0.4) is 0 Å². The molecule has 0 radical (unpaired) electrons. The lowest BCUT2D eigenvalue weighted by Crippen LogP contribution is -2.53. The van der Waals surface area contributed by atoms with Crippen molar-refractivity contribution in [1.82, 2.24) is 10.2 Å². The van der Waals surface area contributed by atoms with Gasteiger partial charge >= 0.3 is 0 Å². The highest BCUT2D eigenvalue weighted by Crippen LogP contribution is 2.30. The van der Waals surface area contributed by atoms with Gasteiger partial charge in [-0.05, 0) is 47.5 Å². The quantitative estimate of drug-likeness (QED) is 0.210. The Hall–Kier alpha value is -3.56. The largest absolute Gasteiger partial charge is 0.357 e. The van der Waals surface area contributed by atoms with Gasteiger partial charge in [-0.25, -0.2) is 8.42 Å². The van der Waals surface area contributed by atoms with Gasteiger partial charge in [-0.15, -0.1) is 0 Å². The number of carbonyl (C=O) groups is 2. The van der Waals surface area contributed by atoms with Crippen LogP contribution in [-0.4, -0.2) is 44.8 Å². The summed E-state index contributed by atoms with van der Waals surface area (Å²) in [5.74, 6) is -1.04. The van der Waals surface area contributed by atoms with E-state index in [0.717, 1.165) is 9.87 Å². The van der Waals surface area contributed by atoms with E-state index >= 15 is 0 Å². The highest BCUT2D eigenvalue weighted by molar-refractivity contribution is 7.92. The molecule has 2 amide bonds. The van der Waals surface area contributed by atoms with E-state index in [4.69, 9.17) is 34.8 Å². The number of likely N-dealkylation sites (N-methyl/N-ethyl adjacent to an activating group) is 1. The van der Waals surface area contributed by atoms with Crippen LogP contribution in [0.1, 0.15) is 11.1 Å². The molecule has 4 rings (SSSR count). The van der Waals surface area contributed by atoms with Gasteiger partial charge in [0.15, 0.2) is 0 Å². The minimum atomic E-state index is -4.27. The van der Waals surface area contributed by atoms with E-state index < -0.39 is 34.4 Å². The van der Waals surface area contributed by atoms with E-state index in [1.54, 1.807) is 42.5 Å². The first-order chi connectivity index (χ1) is 20.1. The van der Waals surface area contributed by atoms with E-state index in [9.17, 15) is 18.0 Å². The zero-order valence-corrected chi connectivity index (χ0v) is 25.7. The smallest absolute Gasteiger partial charge is 0.264 e. The highest BCUT2D eigenvalue weighted by atomic mass is 35.5. The molecule has 4 aromatic carbocycles. The van der Waals surface area contributed by atoms with Crippen LogP contribution < -0.4 is 9.62 Å². The number of nitrogens with one attached hydrogen (secondary N) is 1. The van der Waals surface area contributed by atoms with E-state index in [-0.39, 0.29) is 33.6 Å². The molecule has 1 N–H and O–H groups in total. The second-order valence-electron chi connectivity index (χ2n) is 9.39. The van der Waals surface area contributed by atoms with Crippen molar-refractivity contribution in [2.75, 3.05) is 17.9 Å². The van der Waals surface area contributed by atoms with Crippen molar-refractivity contribution in [3.8, 4) is 0 Å². The fraction of sp³-hybridized carbons (Fsp3) is 0.161. The number of hydrogen-bond acceptors (Lipinski definition) is 4. The van der Waals surface area contributed by atoms with Gasteiger partial charge in [0.25, 0.3) is 10.0 Å². The molecule has 42 heavy (non-hydrogen) atoms. The average molecular weight is 645 g/mol. The van der Waals surface area contributed by atoms with E-state index in [0.29, 0.717) is 10.6 Å². The third-order valence-electron chi connectivity index (χ3n) is 6.56. The zero-order valence-electron chi connectivity index (χ0n) is 22.6. The SMILES string of the molecule is CNC(=O)[C@@H](Cc1ccccc1)N(Cc1ccccc1Cl)C(=O)CN(c1cc(Cl)cc(Cl)c1)S(=O)(=O)c1ccccc1. The molecule has 0 fully saturated rings. The minimum Gasteiger partial charge on any atom is -0.357 e. The van der Waals surface area contributed by atoms with Gasteiger partial charge < -0.3 is 10.2 Å². The number of rotatable bonds is 11. The maximum Gasteiger partial charge on any atom is 0.264 e. The number of anilines is 1. The van der Waals surface area contributed by atoms with Crippen LogP contribution in [0.5, 0.6) is 0 Å². The lowest BCUT2D eigenvalue weighted by atomic mass is 10.0. The van der Waals surface area contributed by atoms with Gasteiger partial charge in [-0.3, -0.25) is 13.9 Å². The van der Waals surface area contributed by atoms with E-state index in [1.165, 1.54) is 42.3 Å². The van der Waals surface area contributed by atoms with Crippen LogP contribution >= 0.6 is 34.8 Å². The van der Waals surface area contributed by atoms with Crippen LogP contribution in [0.25, 0.3) is 0 Å². The number of sulfonamides is 1. The van der Waals surface area contributed by atoms with Crippen molar-refractivity contribution in [3.63, 3.8) is 0 Å². The minimum absolute atomic E-state index is 0.0290. The van der Waals surface area contributed by atoms with Crippen molar-refractivity contribution in [1.29, 1.82) is 0 Å². The van der Waals surface area contributed by atoms with Gasteiger partial charge in [-0.2, -0.15) is 0 Å². The molecule has 0 saturated carbocycles. The number of carbonyl (C=O) groups excluding carboxylic acids is 2. The van der Waals surface area contributed by atoms with Crippen molar-refractivity contribution >= 4 is 62.3 Å². The summed E-state index contributed by atoms with van der Waals surface area (Å²) in [7, 11) is -2.78. The first-order valence-electron chi connectivity index (χ1n) is 12.9.